The Morgan fingerprint density at radius 3 is 2.60 bits per heavy atom. The van der Waals surface area contributed by atoms with Gasteiger partial charge in [0.25, 0.3) is 0 Å². The Morgan fingerprint density at radius 1 is 1.10 bits per heavy atom. The second-order valence-corrected chi connectivity index (χ2v) is 7.44. The van der Waals surface area contributed by atoms with Crippen molar-refractivity contribution in [1.29, 1.82) is 0 Å². The van der Waals surface area contributed by atoms with E-state index in [4.69, 9.17) is 0 Å². The molecule has 0 spiro atoms. The molecule has 0 N–H and O–H groups in total. The van der Waals surface area contributed by atoms with Crippen LogP contribution in [0.3, 0.4) is 0 Å². The Kier molecular flexibility index (Phi) is 4.24. The van der Waals surface area contributed by atoms with Crippen LogP contribution in [0.25, 0.3) is 10.1 Å². The van der Waals surface area contributed by atoms with Gasteiger partial charge in [-0.1, -0.05) is 40.2 Å². The summed E-state index contributed by atoms with van der Waals surface area (Å²) in [7, 11) is 0. The molecule has 0 fully saturated rings. The number of halogens is 3. The van der Waals surface area contributed by atoms with E-state index < -0.39 is 0 Å². The van der Waals surface area contributed by atoms with Crippen LogP contribution in [-0.2, 0) is 6.42 Å². The maximum absolute atomic E-state index is 12.9. The Morgan fingerprint density at radius 2 is 1.85 bits per heavy atom. The van der Waals surface area contributed by atoms with Crippen molar-refractivity contribution in [3.63, 3.8) is 0 Å². The molecule has 0 aliphatic carbocycles. The van der Waals surface area contributed by atoms with Crippen molar-refractivity contribution >= 4 is 53.3 Å². The number of alkyl halides is 1. The lowest BCUT2D eigenvalue weighted by molar-refractivity contribution is 0.627. The highest BCUT2D eigenvalue weighted by Crippen LogP contribution is 2.39. The largest absolute Gasteiger partial charge is 0.207 e. The number of hydrogen-bond donors (Lipinski definition) is 0. The van der Waals surface area contributed by atoms with Crippen LogP contribution >= 0.6 is 43.2 Å². The highest BCUT2D eigenvalue weighted by atomic mass is 79.9. The molecule has 3 rings (SSSR count). The summed E-state index contributed by atoms with van der Waals surface area (Å²) in [5.74, 6) is -0.190. The van der Waals surface area contributed by atoms with Crippen molar-refractivity contribution in [1.82, 2.24) is 0 Å². The molecular formula is C16H11Br2FS. The summed E-state index contributed by atoms with van der Waals surface area (Å²) in [4.78, 5) is 0.232. The lowest BCUT2D eigenvalue weighted by Gasteiger charge is -2.09. The Labute approximate surface area is 137 Å². The van der Waals surface area contributed by atoms with Gasteiger partial charge in [-0.15, -0.1) is 11.3 Å². The van der Waals surface area contributed by atoms with Crippen molar-refractivity contribution in [3.05, 3.63) is 69.3 Å². The molecule has 0 aliphatic heterocycles. The number of hydrogen-bond acceptors (Lipinski definition) is 1. The average molecular weight is 414 g/mol. The van der Waals surface area contributed by atoms with E-state index in [2.05, 4.69) is 55.4 Å². The fourth-order valence-corrected chi connectivity index (χ4v) is 4.83. The highest BCUT2D eigenvalue weighted by molar-refractivity contribution is 9.10. The SMILES string of the molecule is Fc1ccc(CC(Br)c2csc3c(Br)cccc23)cc1. The molecule has 0 saturated heterocycles. The van der Waals surface area contributed by atoms with Crippen molar-refractivity contribution in [2.24, 2.45) is 0 Å². The zero-order chi connectivity index (χ0) is 14.1. The topological polar surface area (TPSA) is 0 Å². The van der Waals surface area contributed by atoms with Gasteiger partial charge in [0, 0.05) is 14.0 Å². The van der Waals surface area contributed by atoms with Crippen LogP contribution in [-0.4, -0.2) is 0 Å². The van der Waals surface area contributed by atoms with E-state index in [1.54, 1.807) is 11.3 Å². The summed E-state index contributed by atoms with van der Waals surface area (Å²) < 4.78 is 15.3. The standard InChI is InChI=1S/C16H11Br2FS/c17-14-3-1-2-12-13(9-20-16(12)14)15(18)8-10-4-6-11(19)7-5-10/h1-7,9,15H,8H2. The normalized spacial score (nSPS) is 12.8. The van der Waals surface area contributed by atoms with Gasteiger partial charge in [-0.3, -0.25) is 0 Å². The third-order valence-corrected chi connectivity index (χ3v) is 6.03. The van der Waals surface area contributed by atoms with Crippen LogP contribution in [0.4, 0.5) is 4.39 Å². The molecule has 3 aromatic rings. The van der Waals surface area contributed by atoms with Gasteiger partial charge in [-0.2, -0.15) is 0 Å². The van der Waals surface area contributed by atoms with Crippen molar-refractivity contribution in [2.45, 2.75) is 11.2 Å². The first kappa shape index (κ1) is 14.2. The minimum absolute atomic E-state index is 0.190. The molecule has 1 unspecified atom stereocenters. The number of rotatable bonds is 3. The molecule has 102 valence electrons. The predicted molar refractivity (Wildman–Crippen MR) is 91.3 cm³/mol. The molecular weight excluding hydrogens is 403 g/mol. The van der Waals surface area contributed by atoms with Crippen molar-refractivity contribution in [2.75, 3.05) is 0 Å². The Balaban J connectivity index is 1.91. The first-order chi connectivity index (χ1) is 9.65. The third kappa shape index (κ3) is 2.83. The van der Waals surface area contributed by atoms with Crippen LogP contribution in [0.2, 0.25) is 0 Å². The predicted octanol–water partition coefficient (Wildman–Crippen LogP) is 6.48. The Bertz CT molecular complexity index is 734. The summed E-state index contributed by atoms with van der Waals surface area (Å²) in [6.07, 6.45) is 0.846. The van der Waals surface area contributed by atoms with E-state index in [9.17, 15) is 4.39 Å². The average Bonchev–Trinajstić information content (AvgIpc) is 2.87. The summed E-state index contributed by atoms with van der Waals surface area (Å²) in [6.45, 7) is 0. The summed E-state index contributed by atoms with van der Waals surface area (Å²) in [5, 5.41) is 3.46. The fraction of sp³-hybridized carbons (Fsp3) is 0.125. The van der Waals surface area contributed by atoms with Gasteiger partial charge >= 0.3 is 0 Å². The first-order valence-corrected chi connectivity index (χ1v) is 8.78. The molecule has 1 atom stereocenters. The number of thiophene rings is 1. The Hall–Kier alpha value is -0.710. The lowest BCUT2D eigenvalue weighted by atomic mass is 10.0. The summed E-state index contributed by atoms with van der Waals surface area (Å²) in [5.41, 5.74) is 2.42. The molecule has 1 aromatic heterocycles. The van der Waals surface area contributed by atoms with Gasteiger partial charge in [0.15, 0.2) is 0 Å². The van der Waals surface area contributed by atoms with Crippen LogP contribution in [0, 0.1) is 5.82 Å². The molecule has 0 saturated carbocycles. The van der Waals surface area contributed by atoms with E-state index >= 15 is 0 Å². The zero-order valence-electron chi connectivity index (χ0n) is 10.4. The minimum Gasteiger partial charge on any atom is -0.207 e. The van der Waals surface area contributed by atoms with Gasteiger partial charge in [-0.25, -0.2) is 4.39 Å². The zero-order valence-corrected chi connectivity index (χ0v) is 14.4. The molecule has 0 nitrogen and oxygen atoms in total. The van der Waals surface area contributed by atoms with Gasteiger partial charge in [-0.05, 0) is 62.4 Å². The fourth-order valence-electron chi connectivity index (χ4n) is 2.22. The molecule has 20 heavy (non-hydrogen) atoms. The third-order valence-electron chi connectivity index (χ3n) is 3.25. The number of fused-ring (bicyclic) bond motifs is 1. The van der Waals surface area contributed by atoms with Crippen LogP contribution in [0.5, 0.6) is 0 Å². The number of benzene rings is 2. The molecule has 2 aromatic carbocycles. The summed E-state index contributed by atoms with van der Waals surface area (Å²) in [6, 6.07) is 13.0. The molecule has 1 heterocycles. The van der Waals surface area contributed by atoms with E-state index in [1.807, 2.05) is 12.1 Å². The smallest absolute Gasteiger partial charge is 0.123 e. The van der Waals surface area contributed by atoms with E-state index in [0.717, 1.165) is 16.5 Å². The van der Waals surface area contributed by atoms with Gasteiger partial charge in [0.1, 0.15) is 5.82 Å². The molecule has 0 bridgehead atoms. The van der Waals surface area contributed by atoms with Crippen LogP contribution in [0.15, 0.2) is 52.3 Å². The molecule has 0 radical (unpaired) electrons. The minimum atomic E-state index is -0.190. The lowest BCUT2D eigenvalue weighted by Crippen LogP contribution is -1.94. The second-order valence-electron chi connectivity index (χ2n) is 4.61. The second kappa shape index (κ2) is 5.96. The van der Waals surface area contributed by atoms with Gasteiger partial charge in [0.2, 0.25) is 0 Å². The maximum Gasteiger partial charge on any atom is 0.123 e. The van der Waals surface area contributed by atoms with Crippen molar-refractivity contribution < 1.29 is 4.39 Å². The van der Waals surface area contributed by atoms with Gasteiger partial charge < -0.3 is 0 Å². The van der Waals surface area contributed by atoms with E-state index in [0.29, 0.717) is 0 Å². The first-order valence-electron chi connectivity index (χ1n) is 6.19. The van der Waals surface area contributed by atoms with Crippen LogP contribution < -0.4 is 0 Å². The molecule has 4 heteroatoms. The van der Waals surface area contributed by atoms with E-state index in [-0.39, 0.29) is 10.6 Å². The van der Waals surface area contributed by atoms with Gasteiger partial charge in [0.05, 0.1) is 0 Å². The maximum atomic E-state index is 12.9. The van der Waals surface area contributed by atoms with E-state index in [1.165, 1.54) is 27.8 Å². The molecule has 0 amide bonds. The quantitative estimate of drug-likeness (QED) is 0.431. The molecule has 0 aliphatic rings. The highest BCUT2D eigenvalue weighted by Gasteiger charge is 2.14. The monoisotopic (exact) mass is 412 g/mol. The van der Waals surface area contributed by atoms with Crippen LogP contribution in [0.1, 0.15) is 16.0 Å². The van der Waals surface area contributed by atoms with Crippen molar-refractivity contribution in [3.8, 4) is 0 Å². The summed E-state index contributed by atoms with van der Waals surface area (Å²) >= 11 is 9.10.